The van der Waals surface area contributed by atoms with E-state index in [0.29, 0.717) is 19.6 Å². The number of methoxy groups -OCH3 is 1. The van der Waals surface area contributed by atoms with E-state index in [0.717, 1.165) is 17.0 Å². The van der Waals surface area contributed by atoms with Crippen LogP contribution < -0.4 is 5.32 Å². The van der Waals surface area contributed by atoms with Crippen molar-refractivity contribution >= 4 is 11.3 Å². The third-order valence-corrected chi connectivity index (χ3v) is 2.64. The minimum atomic E-state index is -0.450. The lowest BCUT2D eigenvalue weighted by molar-refractivity contribution is 0.0615. The summed E-state index contributed by atoms with van der Waals surface area (Å²) >= 11 is 0. The first-order chi connectivity index (χ1) is 8.70. The first kappa shape index (κ1) is 12.8. The average molecular weight is 250 g/mol. The zero-order valence-corrected chi connectivity index (χ0v) is 10.6. The number of ether oxygens (including phenoxy) is 1. The molecule has 0 aliphatic carbocycles. The lowest BCUT2D eigenvalue weighted by Gasteiger charge is -2.10. The van der Waals surface area contributed by atoms with Crippen molar-refractivity contribution in [2.75, 3.05) is 25.6 Å². The molecule has 0 bridgehead atoms. The molecule has 0 fully saturated rings. The lowest BCUT2D eigenvalue weighted by Crippen LogP contribution is -2.18. The van der Waals surface area contributed by atoms with Crippen LogP contribution in [-0.4, -0.2) is 46.1 Å². The van der Waals surface area contributed by atoms with Gasteiger partial charge in [-0.2, -0.15) is 5.10 Å². The van der Waals surface area contributed by atoms with E-state index < -0.39 is 6.10 Å². The molecule has 98 valence electrons. The molecule has 0 radical (unpaired) electrons. The molecule has 0 saturated heterocycles. The lowest BCUT2D eigenvalue weighted by atomic mass is 10.2. The molecule has 2 aromatic heterocycles. The summed E-state index contributed by atoms with van der Waals surface area (Å²) < 4.78 is 6.66. The van der Waals surface area contributed by atoms with Gasteiger partial charge in [-0.05, 0) is 19.4 Å². The van der Waals surface area contributed by atoms with Gasteiger partial charge in [0.15, 0.2) is 5.82 Å². The number of hydrogen-bond acceptors (Lipinski definition) is 5. The van der Waals surface area contributed by atoms with E-state index in [1.54, 1.807) is 17.8 Å². The summed E-state index contributed by atoms with van der Waals surface area (Å²) in [6, 6.07) is 1.97. The molecular weight excluding hydrogens is 232 g/mol. The molecule has 1 unspecified atom stereocenters. The molecule has 0 saturated carbocycles. The Balaban J connectivity index is 1.99. The van der Waals surface area contributed by atoms with Gasteiger partial charge in [-0.3, -0.25) is 0 Å². The van der Waals surface area contributed by atoms with Crippen LogP contribution in [0.4, 0.5) is 5.82 Å². The number of anilines is 1. The van der Waals surface area contributed by atoms with Crippen LogP contribution in [0.1, 0.15) is 12.1 Å². The Morgan fingerprint density at radius 2 is 2.39 bits per heavy atom. The Morgan fingerprint density at radius 1 is 1.56 bits per heavy atom. The molecule has 0 spiro atoms. The highest BCUT2D eigenvalue weighted by Crippen LogP contribution is 2.14. The Labute approximate surface area is 106 Å². The van der Waals surface area contributed by atoms with Crippen molar-refractivity contribution in [1.29, 1.82) is 0 Å². The number of aromatic nitrogens is 3. The summed E-state index contributed by atoms with van der Waals surface area (Å²) in [6.45, 7) is 2.94. The van der Waals surface area contributed by atoms with Crippen LogP contribution in [0.15, 0.2) is 18.5 Å². The molecule has 2 heterocycles. The van der Waals surface area contributed by atoms with Crippen LogP contribution in [0.2, 0.25) is 0 Å². The topological polar surface area (TPSA) is 71.7 Å². The van der Waals surface area contributed by atoms with E-state index in [1.807, 2.05) is 19.2 Å². The predicted molar refractivity (Wildman–Crippen MR) is 68.7 cm³/mol. The third-order valence-electron chi connectivity index (χ3n) is 2.64. The molecule has 2 N–H and O–H groups in total. The van der Waals surface area contributed by atoms with Gasteiger partial charge >= 0.3 is 0 Å². The first-order valence-electron chi connectivity index (χ1n) is 5.92. The van der Waals surface area contributed by atoms with Gasteiger partial charge in [0.25, 0.3) is 0 Å². The quantitative estimate of drug-likeness (QED) is 0.795. The standard InChI is InChI=1S/C12H18N4O2/c1-9-7-11-12(14-5-6-16(11)15-9)13-4-3-10(17)8-18-2/h5-7,10,17H,3-4,8H2,1-2H3,(H,13,14). The number of nitrogens with zero attached hydrogens (tertiary/aromatic N) is 3. The van der Waals surface area contributed by atoms with Crippen molar-refractivity contribution in [3.05, 3.63) is 24.2 Å². The van der Waals surface area contributed by atoms with E-state index in [4.69, 9.17) is 4.74 Å². The Kier molecular flexibility index (Phi) is 4.11. The highest BCUT2D eigenvalue weighted by atomic mass is 16.5. The zero-order chi connectivity index (χ0) is 13.0. The first-order valence-corrected chi connectivity index (χ1v) is 5.92. The normalized spacial score (nSPS) is 12.8. The van der Waals surface area contributed by atoms with Crippen molar-refractivity contribution in [1.82, 2.24) is 14.6 Å². The molecule has 0 aliphatic rings. The van der Waals surface area contributed by atoms with Gasteiger partial charge in [0, 0.05) is 26.0 Å². The largest absolute Gasteiger partial charge is 0.391 e. The average Bonchev–Trinajstić information content (AvgIpc) is 2.70. The smallest absolute Gasteiger partial charge is 0.152 e. The van der Waals surface area contributed by atoms with Gasteiger partial charge in [-0.1, -0.05) is 0 Å². The molecule has 0 aromatic carbocycles. The molecule has 18 heavy (non-hydrogen) atoms. The molecule has 0 aliphatic heterocycles. The van der Waals surface area contributed by atoms with Crippen LogP contribution in [0.3, 0.4) is 0 Å². The van der Waals surface area contributed by atoms with E-state index in [9.17, 15) is 5.11 Å². The maximum Gasteiger partial charge on any atom is 0.152 e. The molecule has 6 heteroatoms. The molecular formula is C12H18N4O2. The van der Waals surface area contributed by atoms with Crippen molar-refractivity contribution in [3.8, 4) is 0 Å². The fourth-order valence-electron chi connectivity index (χ4n) is 1.81. The minimum Gasteiger partial charge on any atom is -0.391 e. The number of fused-ring (bicyclic) bond motifs is 1. The number of aryl methyl sites for hydroxylation is 1. The summed E-state index contributed by atoms with van der Waals surface area (Å²) in [5.74, 6) is 0.780. The van der Waals surface area contributed by atoms with E-state index in [1.165, 1.54) is 0 Å². The van der Waals surface area contributed by atoms with Gasteiger partial charge < -0.3 is 15.2 Å². The van der Waals surface area contributed by atoms with Crippen molar-refractivity contribution < 1.29 is 9.84 Å². The molecule has 2 aromatic rings. The van der Waals surface area contributed by atoms with Crippen LogP contribution in [0.5, 0.6) is 0 Å². The van der Waals surface area contributed by atoms with Gasteiger partial charge in [0.1, 0.15) is 5.52 Å². The van der Waals surface area contributed by atoms with E-state index >= 15 is 0 Å². The molecule has 1 atom stereocenters. The summed E-state index contributed by atoms with van der Waals surface area (Å²) in [4.78, 5) is 4.28. The number of rotatable bonds is 6. The summed E-state index contributed by atoms with van der Waals surface area (Å²) in [5, 5.41) is 17.1. The van der Waals surface area contributed by atoms with Crippen LogP contribution in [0.25, 0.3) is 5.52 Å². The van der Waals surface area contributed by atoms with E-state index in [-0.39, 0.29) is 0 Å². The van der Waals surface area contributed by atoms with Gasteiger partial charge in [0.05, 0.1) is 18.4 Å². The van der Waals surface area contributed by atoms with Crippen molar-refractivity contribution in [2.24, 2.45) is 0 Å². The SMILES string of the molecule is COCC(O)CCNc1nccn2nc(C)cc12. The maximum atomic E-state index is 9.54. The van der Waals surface area contributed by atoms with Crippen LogP contribution in [0, 0.1) is 6.92 Å². The second-order valence-corrected chi connectivity index (χ2v) is 4.22. The molecule has 2 rings (SSSR count). The number of hydrogen-bond donors (Lipinski definition) is 2. The van der Waals surface area contributed by atoms with Crippen molar-refractivity contribution in [3.63, 3.8) is 0 Å². The highest BCUT2D eigenvalue weighted by molar-refractivity contribution is 5.67. The van der Waals surface area contributed by atoms with Gasteiger partial charge in [-0.15, -0.1) is 0 Å². The predicted octanol–water partition coefficient (Wildman–Crippen LogP) is 0.847. The van der Waals surface area contributed by atoms with Crippen molar-refractivity contribution in [2.45, 2.75) is 19.4 Å². The monoisotopic (exact) mass is 250 g/mol. The summed E-state index contributed by atoms with van der Waals surface area (Å²) in [5.41, 5.74) is 1.89. The third kappa shape index (κ3) is 2.96. The fraction of sp³-hybridized carbons (Fsp3) is 0.500. The number of aliphatic hydroxyl groups is 1. The van der Waals surface area contributed by atoms with Crippen LogP contribution in [-0.2, 0) is 4.74 Å². The molecule has 0 amide bonds. The Bertz CT molecular complexity index is 512. The number of nitrogens with one attached hydrogen (secondary N) is 1. The Morgan fingerprint density at radius 3 is 3.17 bits per heavy atom. The summed E-state index contributed by atoms with van der Waals surface area (Å²) in [7, 11) is 1.58. The minimum absolute atomic E-state index is 0.352. The second kappa shape index (κ2) is 5.79. The second-order valence-electron chi connectivity index (χ2n) is 4.22. The maximum absolute atomic E-state index is 9.54. The summed E-state index contributed by atoms with van der Waals surface area (Å²) in [6.07, 6.45) is 3.68. The van der Waals surface area contributed by atoms with Gasteiger partial charge in [0.2, 0.25) is 0 Å². The zero-order valence-electron chi connectivity index (χ0n) is 10.6. The van der Waals surface area contributed by atoms with Crippen LogP contribution >= 0.6 is 0 Å². The van der Waals surface area contributed by atoms with E-state index in [2.05, 4.69) is 15.4 Å². The molecule has 6 nitrogen and oxygen atoms in total. The van der Waals surface area contributed by atoms with Gasteiger partial charge in [-0.25, -0.2) is 9.50 Å². The highest BCUT2D eigenvalue weighted by Gasteiger charge is 2.06. The number of aliphatic hydroxyl groups excluding tert-OH is 1. The Hall–Kier alpha value is -1.66. The fourth-order valence-corrected chi connectivity index (χ4v) is 1.81.